The van der Waals surface area contributed by atoms with Crippen LogP contribution in [0.1, 0.15) is 15.9 Å². The van der Waals surface area contributed by atoms with E-state index in [0.717, 1.165) is 11.3 Å². The van der Waals surface area contributed by atoms with E-state index in [-0.39, 0.29) is 10.3 Å². The minimum Gasteiger partial charge on any atom is -0.502 e. The maximum atomic E-state index is 12.3. The molecule has 9 heteroatoms. The summed E-state index contributed by atoms with van der Waals surface area (Å²) in [6.45, 7) is 0. The molecular weight excluding hydrogens is 384 g/mol. The van der Waals surface area contributed by atoms with Gasteiger partial charge < -0.3 is 14.8 Å². The Bertz CT molecular complexity index is 1220. The SMILES string of the molecule is COc1ccc(C(=O)/C=c2\[nH]c(=O)/c(=C\c3ccc(O)c([N+](=O)[O-])c3)s2)cc1. The molecule has 0 unspecified atom stereocenters. The Labute approximate surface area is 161 Å². The average Bonchev–Trinajstić information content (AvgIpc) is 3.01. The van der Waals surface area contributed by atoms with Crippen LogP contribution in [0.15, 0.2) is 47.3 Å². The lowest BCUT2D eigenvalue weighted by atomic mass is 10.1. The molecule has 2 aromatic carbocycles. The molecule has 0 saturated carbocycles. The molecule has 0 spiro atoms. The first-order valence-electron chi connectivity index (χ1n) is 7.96. The van der Waals surface area contributed by atoms with Crippen LogP contribution < -0.4 is 19.5 Å². The Morgan fingerprint density at radius 2 is 1.96 bits per heavy atom. The fourth-order valence-electron chi connectivity index (χ4n) is 2.41. The minimum atomic E-state index is -0.710. The van der Waals surface area contributed by atoms with Crippen LogP contribution in [-0.4, -0.2) is 27.9 Å². The van der Waals surface area contributed by atoms with Crippen LogP contribution in [0, 0.1) is 10.1 Å². The molecule has 0 fully saturated rings. The molecule has 1 aromatic heterocycles. The summed E-state index contributed by atoms with van der Waals surface area (Å²) in [6.07, 6.45) is 2.76. The third-order valence-electron chi connectivity index (χ3n) is 3.81. The van der Waals surface area contributed by atoms with E-state index in [4.69, 9.17) is 4.74 Å². The molecule has 1 heterocycles. The maximum Gasteiger partial charge on any atom is 0.311 e. The number of thiazole rings is 1. The molecule has 0 radical (unpaired) electrons. The second kappa shape index (κ2) is 7.89. The van der Waals surface area contributed by atoms with Gasteiger partial charge in [0.2, 0.25) is 0 Å². The number of carbonyl (C=O) groups is 1. The van der Waals surface area contributed by atoms with Gasteiger partial charge in [-0.25, -0.2) is 0 Å². The van der Waals surface area contributed by atoms with Crippen LogP contribution in [0.4, 0.5) is 5.69 Å². The molecule has 3 rings (SSSR count). The number of nitro groups is 1. The van der Waals surface area contributed by atoms with Gasteiger partial charge in [0.1, 0.15) is 5.75 Å². The van der Waals surface area contributed by atoms with Crippen LogP contribution in [0.3, 0.4) is 0 Å². The second-order valence-electron chi connectivity index (χ2n) is 5.67. The number of nitrogens with one attached hydrogen (secondary N) is 1. The Hall–Kier alpha value is -3.72. The molecule has 0 amide bonds. The molecule has 0 saturated heterocycles. The van der Waals surface area contributed by atoms with Crippen LogP contribution in [0.5, 0.6) is 11.5 Å². The number of aromatic nitrogens is 1. The standard InChI is InChI=1S/C19H14N2O6S/c1-27-13-5-3-12(4-6-13)16(23)10-18-20-19(24)17(28-18)9-11-2-7-15(22)14(8-11)21(25)26/h2-10,22H,1H3,(H,20,24)/b17-9+,18-10+. The first kappa shape index (κ1) is 19.1. The number of ketones is 1. The topological polar surface area (TPSA) is 123 Å². The summed E-state index contributed by atoms with van der Waals surface area (Å²) < 4.78 is 5.67. The zero-order valence-corrected chi connectivity index (χ0v) is 15.4. The summed E-state index contributed by atoms with van der Waals surface area (Å²) in [4.78, 5) is 37.2. The van der Waals surface area contributed by atoms with Gasteiger partial charge in [0.15, 0.2) is 11.5 Å². The van der Waals surface area contributed by atoms with Crippen molar-refractivity contribution in [3.63, 3.8) is 0 Å². The third-order valence-corrected chi connectivity index (χ3v) is 4.77. The highest BCUT2D eigenvalue weighted by atomic mass is 32.1. The number of hydrogen-bond acceptors (Lipinski definition) is 7. The van der Waals surface area contributed by atoms with Gasteiger partial charge in [0, 0.05) is 17.7 Å². The molecule has 0 aliphatic heterocycles. The Kier molecular flexibility index (Phi) is 5.37. The average molecular weight is 398 g/mol. The predicted molar refractivity (Wildman–Crippen MR) is 104 cm³/mol. The number of aromatic amines is 1. The van der Waals surface area contributed by atoms with Gasteiger partial charge in [-0.1, -0.05) is 6.07 Å². The van der Waals surface area contributed by atoms with E-state index >= 15 is 0 Å². The zero-order chi connectivity index (χ0) is 20.3. The number of nitrogens with zero attached hydrogens (tertiary/aromatic N) is 1. The van der Waals surface area contributed by atoms with Crippen LogP contribution in [0.25, 0.3) is 12.2 Å². The van der Waals surface area contributed by atoms with E-state index in [9.17, 15) is 24.8 Å². The number of phenolic OH excluding ortho intramolecular Hbond substituents is 1. The van der Waals surface area contributed by atoms with Crippen molar-refractivity contribution in [1.82, 2.24) is 4.98 Å². The predicted octanol–water partition coefficient (Wildman–Crippen LogP) is 1.55. The number of aromatic hydroxyl groups is 1. The molecule has 8 nitrogen and oxygen atoms in total. The molecule has 0 aliphatic rings. The summed E-state index contributed by atoms with van der Waals surface area (Å²) in [6, 6.07) is 10.4. The van der Waals surface area contributed by atoms with Crippen molar-refractivity contribution in [2.75, 3.05) is 7.11 Å². The number of ether oxygens (including phenoxy) is 1. The van der Waals surface area contributed by atoms with Crippen LogP contribution >= 0.6 is 11.3 Å². The summed E-state index contributed by atoms with van der Waals surface area (Å²) in [5, 5.41) is 20.4. The lowest BCUT2D eigenvalue weighted by Crippen LogP contribution is -2.20. The largest absolute Gasteiger partial charge is 0.502 e. The highest BCUT2D eigenvalue weighted by molar-refractivity contribution is 7.07. The van der Waals surface area contributed by atoms with Crippen molar-refractivity contribution in [2.45, 2.75) is 0 Å². The third kappa shape index (κ3) is 4.15. The molecule has 3 aromatic rings. The van der Waals surface area contributed by atoms with E-state index in [1.54, 1.807) is 24.3 Å². The van der Waals surface area contributed by atoms with Crippen molar-refractivity contribution in [3.8, 4) is 11.5 Å². The number of benzene rings is 2. The highest BCUT2D eigenvalue weighted by Gasteiger charge is 2.13. The van der Waals surface area contributed by atoms with E-state index < -0.39 is 21.9 Å². The fourth-order valence-corrected chi connectivity index (χ4v) is 3.30. The van der Waals surface area contributed by atoms with Crippen LogP contribution in [-0.2, 0) is 0 Å². The Morgan fingerprint density at radius 1 is 1.25 bits per heavy atom. The highest BCUT2D eigenvalue weighted by Crippen LogP contribution is 2.26. The normalized spacial score (nSPS) is 12.2. The molecule has 142 valence electrons. The summed E-state index contributed by atoms with van der Waals surface area (Å²) in [5.74, 6) is -0.116. The fraction of sp³-hybridized carbons (Fsp3) is 0.0526. The number of phenols is 1. The van der Waals surface area contributed by atoms with E-state index in [1.165, 1.54) is 37.5 Å². The maximum absolute atomic E-state index is 12.3. The number of Topliss-reactive ketones (excluding diaryl/α,β-unsaturated/α-hetero) is 1. The smallest absolute Gasteiger partial charge is 0.311 e. The van der Waals surface area contributed by atoms with Gasteiger partial charge in [-0.15, -0.1) is 11.3 Å². The van der Waals surface area contributed by atoms with Gasteiger partial charge >= 0.3 is 5.69 Å². The number of methoxy groups -OCH3 is 1. The van der Waals surface area contributed by atoms with E-state index in [2.05, 4.69) is 4.98 Å². The quantitative estimate of drug-likeness (QED) is 0.382. The van der Waals surface area contributed by atoms with E-state index in [1.807, 2.05) is 0 Å². The molecule has 28 heavy (non-hydrogen) atoms. The summed E-state index contributed by atoms with van der Waals surface area (Å²) in [7, 11) is 1.53. The minimum absolute atomic E-state index is 0.272. The van der Waals surface area contributed by atoms with E-state index in [0.29, 0.717) is 21.5 Å². The Balaban J connectivity index is 1.96. The van der Waals surface area contributed by atoms with Crippen molar-refractivity contribution >= 4 is 35.0 Å². The van der Waals surface area contributed by atoms with Crippen molar-refractivity contribution in [3.05, 3.63) is 83.3 Å². The van der Waals surface area contributed by atoms with Gasteiger partial charge in [0.05, 0.1) is 21.2 Å². The lowest BCUT2D eigenvalue weighted by molar-refractivity contribution is -0.385. The molecule has 0 atom stereocenters. The first-order valence-corrected chi connectivity index (χ1v) is 8.77. The number of H-pyrrole nitrogens is 1. The van der Waals surface area contributed by atoms with Gasteiger partial charge in [-0.05, 0) is 42.0 Å². The number of nitro benzene ring substituents is 1. The number of carbonyl (C=O) groups excluding carboxylic acids is 1. The van der Waals surface area contributed by atoms with Crippen molar-refractivity contribution in [1.29, 1.82) is 0 Å². The van der Waals surface area contributed by atoms with Gasteiger partial charge in [0.25, 0.3) is 5.56 Å². The molecule has 0 aliphatic carbocycles. The van der Waals surface area contributed by atoms with Gasteiger partial charge in [-0.3, -0.25) is 19.7 Å². The summed E-state index contributed by atoms with van der Waals surface area (Å²) in [5.41, 5.74) is -0.0580. The monoisotopic (exact) mass is 398 g/mol. The van der Waals surface area contributed by atoms with Crippen molar-refractivity contribution < 1.29 is 19.6 Å². The number of hydrogen-bond donors (Lipinski definition) is 2. The van der Waals surface area contributed by atoms with Crippen LogP contribution in [0.2, 0.25) is 0 Å². The molecular formula is C19H14N2O6S. The first-order chi connectivity index (χ1) is 13.4. The zero-order valence-electron chi connectivity index (χ0n) is 14.5. The lowest BCUT2D eigenvalue weighted by Gasteiger charge is -1.99. The summed E-state index contributed by atoms with van der Waals surface area (Å²) >= 11 is 1.05. The van der Waals surface area contributed by atoms with Crippen molar-refractivity contribution in [2.24, 2.45) is 0 Å². The second-order valence-corrected chi connectivity index (χ2v) is 6.76. The molecule has 2 N–H and O–H groups in total. The number of rotatable bonds is 5. The van der Waals surface area contributed by atoms with Gasteiger partial charge in [-0.2, -0.15) is 0 Å². The Morgan fingerprint density at radius 3 is 2.61 bits per heavy atom. The molecule has 0 bridgehead atoms.